The summed E-state index contributed by atoms with van der Waals surface area (Å²) in [6, 6.07) is 11.8. The predicted octanol–water partition coefficient (Wildman–Crippen LogP) is 2.37. The topological polar surface area (TPSA) is 45.5 Å². The number of hydrogen-bond acceptors (Lipinski definition) is 3. The molecule has 1 N–H and O–H groups in total. The van der Waals surface area contributed by atoms with Gasteiger partial charge in [0, 0.05) is 13.6 Å². The Labute approximate surface area is 130 Å². The highest BCUT2D eigenvalue weighted by Crippen LogP contribution is 2.17. The van der Waals surface area contributed by atoms with Crippen LogP contribution < -0.4 is 5.32 Å². The van der Waals surface area contributed by atoms with Crippen molar-refractivity contribution < 1.29 is 9.21 Å². The minimum atomic E-state index is -0.148. The first-order valence-corrected chi connectivity index (χ1v) is 6.81. The number of likely N-dealkylation sites (N-methyl/N-ethyl adjacent to an activating group) is 1. The molecule has 0 spiro atoms. The molecule has 0 saturated carbocycles. The molecule has 1 unspecified atom stereocenters. The van der Waals surface area contributed by atoms with E-state index in [0.717, 1.165) is 18.7 Å². The van der Waals surface area contributed by atoms with Crippen molar-refractivity contribution in [2.75, 3.05) is 7.05 Å². The third-order valence-electron chi connectivity index (χ3n) is 3.73. The van der Waals surface area contributed by atoms with Crippen LogP contribution in [0.2, 0.25) is 0 Å². The average molecular weight is 307 g/mol. The molecule has 112 valence electrons. The van der Waals surface area contributed by atoms with Gasteiger partial charge in [-0.15, -0.1) is 12.4 Å². The molecule has 0 saturated heterocycles. The van der Waals surface area contributed by atoms with E-state index < -0.39 is 0 Å². The Bertz CT molecular complexity index is 598. The van der Waals surface area contributed by atoms with Crippen molar-refractivity contribution in [1.29, 1.82) is 0 Å². The highest BCUT2D eigenvalue weighted by atomic mass is 35.5. The zero-order valence-corrected chi connectivity index (χ0v) is 12.7. The van der Waals surface area contributed by atoms with Crippen LogP contribution in [-0.4, -0.2) is 23.9 Å². The number of amides is 1. The van der Waals surface area contributed by atoms with Crippen LogP contribution >= 0.6 is 12.4 Å². The molecule has 0 bridgehead atoms. The molecule has 2 aromatic rings. The molecular formula is C16H19ClN2O2. The first-order chi connectivity index (χ1) is 9.74. The van der Waals surface area contributed by atoms with Crippen LogP contribution in [0.5, 0.6) is 0 Å². The lowest BCUT2D eigenvalue weighted by Crippen LogP contribution is -2.47. The van der Waals surface area contributed by atoms with E-state index in [2.05, 4.69) is 17.4 Å². The van der Waals surface area contributed by atoms with Crippen LogP contribution in [0, 0.1) is 0 Å². The van der Waals surface area contributed by atoms with Crippen LogP contribution in [0.1, 0.15) is 16.9 Å². The molecule has 0 radical (unpaired) electrons. The molecule has 0 fully saturated rings. The van der Waals surface area contributed by atoms with Gasteiger partial charge < -0.3 is 14.6 Å². The summed E-state index contributed by atoms with van der Waals surface area (Å²) in [6.07, 6.45) is 2.38. The summed E-state index contributed by atoms with van der Waals surface area (Å²) in [5, 5.41) is 3.31. The Morgan fingerprint density at radius 1 is 1.29 bits per heavy atom. The number of carbonyl (C=O) groups excluding carboxylic acids is 1. The van der Waals surface area contributed by atoms with E-state index in [0.29, 0.717) is 6.54 Å². The number of rotatable bonds is 3. The second-order valence-corrected chi connectivity index (χ2v) is 5.18. The highest BCUT2D eigenvalue weighted by Gasteiger charge is 2.26. The zero-order chi connectivity index (χ0) is 13.9. The molecule has 3 rings (SSSR count). The van der Waals surface area contributed by atoms with Gasteiger partial charge in [0.1, 0.15) is 5.76 Å². The standard InChI is InChI=1S/C16H18N2O2.ClH/c1-18(11-14-7-4-8-20-14)16(19)15-9-12-5-2-3-6-13(12)10-17-15;/h2-8,15,17H,9-11H2,1H3;1H. The molecule has 0 aliphatic carbocycles. The normalized spacial score (nSPS) is 16.7. The SMILES string of the molecule is CN(Cc1ccco1)C(=O)C1Cc2ccccc2CN1.Cl. The number of furan rings is 1. The molecule has 5 heteroatoms. The summed E-state index contributed by atoms with van der Waals surface area (Å²) in [6.45, 7) is 1.26. The van der Waals surface area contributed by atoms with Crippen LogP contribution in [0.25, 0.3) is 0 Å². The Morgan fingerprint density at radius 2 is 2.05 bits per heavy atom. The van der Waals surface area contributed by atoms with Gasteiger partial charge >= 0.3 is 0 Å². The van der Waals surface area contributed by atoms with Gasteiger partial charge in [-0.3, -0.25) is 4.79 Å². The first-order valence-electron chi connectivity index (χ1n) is 6.81. The predicted molar refractivity (Wildman–Crippen MR) is 83.2 cm³/mol. The third-order valence-corrected chi connectivity index (χ3v) is 3.73. The summed E-state index contributed by atoms with van der Waals surface area (Å²) in [5.74, 6) is 0.910. The van der Waals surface area contributed by atoms with Crippen LogP contribution in [0.4, 0.5) is 0 Å². The Hall–Kier alpha value is -1.78. The number of nitrogens with zero attached hydrogens (tertiary/aromatic N) is 1. The van der Waals surface area contributed by atoms with Gasteiger partial charge in [0.05, 0.1) is 18.8 Å². The zero-order valence-electron chi connectivity index (χ0n) is 11.9. The molecule has 2 heterocycles. The van der Waals surface area contributed by atoms with Crippen molar-refractivity contribution in [3.63, 3.8) is 0 Å². The molecule has 1 aromatic carbocycles. The monoisotopic (exact) mass is 306 g/mol. The van der Waals surface area contributed by atoms with E-state index in [9.17, 15) is 4.79 Å². The van der Waals surface area contributed by atoms with Crippen molar-refractivity contribution in [3.8, 4) is 0 Å². The van der Waals surface area contributed by atoms with Crippen LogP contribution in [0.15, 0.2) is 47.1 Å². The maximum atomic E-state index is 12.5. The van der Waals surface area contributed by atoms with Crippen LogP contribution in [0.3, 0.4) is 0 Å². The fourth-order valence-corrected chi connectivity index (χ4v) is 2.61. The van der Waals surface area contributed by atoms with Gasteiger partial charge in [-0.2, -0.15) is 0 Å². The fraction of sp³-hybridized carbons (Fsp3) is 0.312. The summed E-state index contributed by atoms with van der Waals surface area (Å²) >= 11 is 0. The summed E-state index contributed by atoms with van der Waals surface area (Å²) in [7, 11) is 1.81. The fourth-order valence-electron chi connectivity index (χ4n) is 2.61. The van der Waals surface area contributed by atoms with Gasteiger partial charge in [0.25, 0.3) is 0 Å². The smallest absolute Gasteiger partial charge is 0.240 e. The molecule has 1 amide bonds. The lowest BCUT2D eigenvalue weighted by Gasteiger charge is -2.28. The van der Waals surface area contributed by atoms with Crippen molar-refractivity contribution in [2.45, 2.75) is 25.6 Å². The van der Waals surface area contributed by atoms with Gasteiger partial charge in [0.2, 0.25) is 5.91 Å². The second-order valence-electron chi connectivity index (χ2n) is 5.18. The maximum absolute atomic E-state index is 12.5. The van der Waals surface area contributed by atoms with E-state index in [1.165, 1.54) is 11.1 Å². The minimum absolute atomic E-state index is 0. The molecule has 1 aromatic heterocycles. The number of halogens is 1. The van der Waals surface area contributed by atoms with Crippen molar-refractivity contribution in [1.82, 2.24) is 10.2 Å². The summed E-state index contributed by atoms with van der Waals surface area (Å²) in [5.41, 5.74) is 2.54. The lowest BCUT2D eigenvalue weighted by molar-refractivity contribution is -0.133. The molecule has 1 aliphatic rings. The number of nitrogens with one attached hydrogen (secondary N) is 1. The second kappa shape index (κ2) is 6.78. The van der Waals surface area contributed by atoms with E-state index in [1.807, 2.05) is 31.3 Å². The van der Waals surface area contributed by atoms with Crippen LogP contribution in [-0.2, 0) is 24.3 Å². The average Bonchev–Trinajstić information content (AvgIpc) is 2.99. The van der Waals surface area contributed by atoms with Crippen molar-refractivity contribution >= 4 is 18.3 Å². The highest BCUT2D eigenvalue weighted by molar-refractivity contribution is 5.85. The Kier molecular flexibility index (Phi) is 5.04. The van der Waals surface area contributed by atoms with E-state index >= 15 is 0 Å². The van der Waals surface area contributed by atoms with E-state index in [1.54, 1.807) is 11.2 Å². The molecule has 21 heavy (non-hydrogen) atoms. The third kappa shape index (κ3) is 3.46. The lowest BCUT2D eigenvalue weighted by atomic mass is 9.95. The summed E-state index contributed by atoms with van der Waals surface area (Å²) in [4.78, 5) is 14.2. The quantitative estimate of drug-likeness (QED) is 0.947. The minimum Gasteiger partial charge on any atom is -0.467 e. The van der Waals surface area contributed by atoms with Crippen molar-refractivity contribution in [3.05, 3.63) is 59.5 Å². The van der Waals surface area contributed by atoms with E-state index in [4.69, 9.17) is 4.42 Å². The van der Waals surface area contributed by atoms with Gasteiger partial charge in [-0.05, 0) is 29.7 Å². The molecule has 4 nitrogen and oxygen atoms in total. The molecule has 1 atom stereocenters. The molecule has 1 aliphatic heterocycles. The van der Waals surface area contributed by atoms with Gasteiger partial charge in [-0.1, -0.05) is 24.3 Å². The number of carbonyl (C=O) groups is 1. The number of hydrogen-bond donors (Lipinski definition) is 1. The van der Waals surface area contributed by atoms with Crippen molar-refractivity contribution in [2.24, 2.45) is 0 Å². The first kappa shape index (κ1) is 15.6. The van der Waals surface area contributed by atoms with Gasteiger partial charge in [-0.25, -0.2) is 0 Å². The van der Waals surface area contributed by atoms with Gasteiger partial charge in [0.15, 0.2) is 0 Å². The molecular weight excluding hydrogens is 288 g/mol. The van der Waals surface area contributed by atoms with E-state index in [-0.39, 0.29) is 24.4 Å². The number of benzene rings is 1. The Balaban J connectivity index is 0.00000161. The Morgan fingerprint density at radius 3 is 2.76 bits per heavy atom. The summed E-state index contributed by atoms with van der Waals surface area (Å²) < 4.78 is 5.28. The largest absolute Gasteiger partial charge is 0.467 e. The number of fused-ring (bicyclic) bond motifs is 1. The maximum Gasteiger partial charge on any atom is 0.240 e.